The summed E-state index contributed by atoms with van der Waals surface area (Å²) >= 11 is 9.63. The molecule has 4 nitrogen and oxygen atoms in total. The Labute approximate surface area is 137 Å². The zero-order chi connectivity index (χ0) is 15.6. The van der Waals surface area contributed by atoms with E-state index in [4.69, 9.17) is 11.6 Å². The molecule has 1 aliphatic heterocycles. The molecule has 1 aromatic carbocycles. The van der Waals surface area contributed by atoms with Gasteiger partial charge in [-0.3, -0.25) is 9.59 Å². The van der Waals surface area contributed by atoms with Crippen LogP contribution in [0.15, 0.2) is 22.7 Å². The molecule has 0 bridgehead atoms. The molecule has 0 spiro atoms. The molecule has 1 N–H and O–H groups in total. The molecule has 0 radical (unpaired) electrons. The van der Waals surface area contributed by atoms with E-state index in [-0.39, 0.29) is 12.3 Å². The normalized spacial score (nSPS) is 22.4. The van der Waals surface area contributed by atoms with Crippen LogP contribution in [0, 0.1) is 5.92 Å². The number of carboxylic acids is 1. The van der Waals surface area contributed by atoms with Gasteiger partial charge in [-0.05, 0) is 30.5 Å². The first kappa shape index (κ1) is 16.3. The maximum Gasteiger partial charge on any atom is 0.308 e. The number of carboxylic acid groups (broad SMARTS) is 1. The smallest absolute Gasteiger partial charge is 0.308 e. The lowest BCUT2D eigenvalue weighted by Gasteiger charge is -2.40. The fraction of sp³-hybridized carbons (Fsp3) is 0.467. The average molecular weight is 375 g/mol. The minimum absolute atomic E-state index is 0.00154. The molecular formula is C15H17BrClNO3. The Morgan fingerprint density at radius 3 is 2.81 bits per heavy atom. The highest BCUT2D eigenvalue weighted by atomic mass is 79.9. The molecule has 0 saturated carbocycles. The monoisotopic (exact) mass is 373 g/mol. The summed E-state index contributed by atoms with van der Waals surface area (Å²) in [5.41, 5.74) is 0.703. The molecule has 1 saturated heterocycles. The van der Waals surface area contributed by atoms with Crippen molar-refractivity contribution in [1.29, 1.82) is 0 Å². The van der Waals surface area contributed by atoms with Gasteiger partial charge < -0.3 is 10.0 Å². The summed E-state index contributed by atoms with van der Waals surface area (Å²) in [6.07, 6.45) is 1.41. The standard InChI is InChI=1S/C15H17BrClNO3/c1-2-7-18-13(19)6-5-11(15(20)21)14(18)10-4-3-9(16)8-12(10)17/h3-4,8,11,14H,2,5-7H2,1H3,(H,20,21). The summed E-state index contributed by atoms with van der Waals surface area (Å²) in [5, 5.41) is 9.98. The van der Waals surface area contributed by atoms with Crippen LogP contribution in [-0.4, -0.2) is 28.4 Å². The Balaban J connectivity index is 2.48. The lowest BCUT2D eigenvalue weighted by Crippen LogP contribution is -2.45. The van der Waals surface area contributed by atoms with E-state index < -0.39 is 17.9 Å². The topological polar surface area (TPSA) is 57.6 Å². The molecule has 21 heavy (non-hydrogen) atoms. The number of amides is 1. The fourth-order valence-electron chi connectivity index (χ4n) is 2.84. The van der Waals surface area contributed by atoms with E-state index in [9.17, 15) is 14.7 Å². The molecule has 6 heteroatoms. The number of hydrogen-bond acceptors (Lipinski definition) is 2. The van der Waals surface area contributed by atoms with Gasteiger partial charge in [-0.15, -0.1) is 0 Å². The van der Waals surface area contributed by atoms with Crippen molar-refractivity contribution in [2.75, 3.05) is 6.54 Å². The van der Waals surface area contributed by atoms with Crippen molar-refractivity contribution in [2.24, 2.45) is 5.92 Å². The molecule has 1 aromatic rings. The van der Waals surface area contributed by atoms with Crippen molar-refractivity contribution < 1.29 is 14.7 Å². The highest BCUT2D eigenvalue weighted by Crippen LogP contribution is 2.40. The van der Waals surface area contributed by atoms with E-state index in [1.165, 1.54) is 0 Å². The van der Waals surface area contributed by atoms with E-state index in [1.54, 1.807) is 17.0 Å². The molecule has 1 fully saturated rings. The molecule has 0 aromatic heterocycles. The summed E-state index contributed by atoms with van der Waals surface area (Å²) in [6, 6.07) is 4.86. The largest absolute Gasteiger partial charge is 0.481 e. The van der Waals surface area contributed by atoms with Gasteiger partial charge in [0.15, 0.2) is 0 Å². The van der Waals surface area contributed by atoms with Crippen molar-refractivity contribution in [1.82, 2.24) is 4.90 Å². The summed E-state index contributed by atoms with van der Waals surface area (Å²) in [6.45, 7) is 2.51. The Hall–Kier alpha value is -1.07. The van der Waals surface area contributed by atoms with Crippen molar-refractivity contribution in [2.45, 2.75) is 32.2 Å². The number of carbonyl (C=O) groups excluding carboxylic acids is 1. The zero-order valence-corrected chi connectivity index (χ0v) is 14.0. The zero-order valence-electron chi connectivity index (χ0n) is 11.7. The second-order valence-electron chi connectivity index (χ2n) is 5.18. The number of aliphatic carboxylic acids is 1. The average Bonchev–Trinajstić information content (AvgIpc) is 2.41. The highest BCUT2D eigenvalue weighted by molar-refractivity contribution is 9.10. The number of rotatable bonds is 4. The molecule has 2 unspecified atom stereocenters. The number of carbonyl (C=O) groups is 2. The van der Waals surface area contributed by atoms with Gasteiger partial charge in [-0.1, -0.05) is 40.5 Å². The Morgan fingerprint density at radius 1 is 1.52 bits per heavy atom. The van der Waals surface area contributed by atoms with Crippen LogP contribution >= 0.6 is 27.5 Å². The van der Waals surface area contributed by atoms with Crippen LogP contribution in [-0.2, 0) is 9.59 Å². The lowest BCUT2D eigenvalue weighted by molar-refractivity contribution is -0.152. The maximum atomic E-state index is 12.2. The third-order valence-electron chi connectivity index (χ3n) is 3.77. The van der Waals surface area contributed by atoms with Gasteiger partial charge in [-0.2, -0.15) is 0 Å². The van der Waals surface area contributed by atoms with Gasteiger partial charge in [0.2, 0.25) is 5.91 Å². The summed E-state index contributed by atoms with van der Waals surface area (Å²) in [7, 11) is 0. The molecule has 114 valence electrons. The van der Waals surface area contributed by atoms with Crippen molar-refractivity contribution in [3.8, 4) is 0 Å². The van der Waals surface area contributed by atoms with Crippen molar-refractivity contribution >= 4 is 39.4 Å². The quantitative estimate of drug-likeness (QED) is 0.870. The lowest BCUT2D eigenvalue weighted by atomic mass is 9.84. The van der Waals surface area contributed by atoms with Crippen LogP contribution in [0.5, 0.6) is 0 Å². The first-order valence-electron chi connectivity index (χ1n) is 6.93. The maximum absolute atomic E-state index is 12.2. The molecule has 2 rings (SSSR count). The predicted molar refractivity (Wildman–Crippen MR) is 84.3 cm³/mol. The highest BCUT2D eigenvalue weighted by Gasteiger charge is 2.41. The van der Waals surface area contributed by atoms with Crippen LogP contribution in [0.25, 0.3) is 0 Å². The second kappa shape index (κ2) is 6.79. The number of nitrogens with zero attached hydrogens (tertiary/aromatic N) is 1. The van der Waals surface area contributed by atoms with Crippen molar-refractivity contribution in [3.05, 3.63) is 33.3 Å². The number of halogens is 2. The second-order valence-corrected chi connectivity index (χ2v) is 6.50. The predicted octanol–water partition coefficient (Wildman–Crippen LogP) is 3.88. The van der Waals surface area contributed by atoms with Gasteiger partial charge in [0, 0.05) is 22.5 Å². The van der Waals surface area contributed by atoms with Gasteiger partial charge in [0.1, 0.15) is 0 Å². The molecule has 1 amide bonds. The third-order valence-corrected chi connectivity index (χ3v) is 4.59. The minimum atomic E-state index is -0.882. The Bertz CT molecular complexity index is 564. The number of likely N-dealkylation sites (tertiary alicyclic amines) is 1. The van der Waals surface area contributed by atoms with Crippen LogP contribution in [0.2, 0.25) is 5.02 Å². The summed E-state index contributed by atoms with van der Waals surface area (Å²) in [5.74, 6) is -1.50. The van der Waals surface area contributed by atoms with Crippen LogP contribution < -0.4 is 0 Å². The molecule has 0 aliphatic carbocycles. The van der Waals surface area contributed by atoms with E-state index in [1.807, 2.05) is 13.0 Å². The summed E-state index contributed by atoms with van der Waals surface area (Å²) in [4.78, 5) is 25.4. The van der Waals surface area contributed by atoms with Gasteiger partial charge in [0.05, 0.1) is 12.0 Å². The number of benzene rings is 1. The van der Waals surface area contributed by atoms with Crippen LogP contribution in [0.1, 0.15) is 37.8 Å². The van der Waals surface area contributed by atoms with Crippen molar-refractivity contribution in [3.63, 3.8) is 0 Å². The van der Waals surface area contributed by atoms with Gasteiger partial charge in [-0.25, -0.2) is 0 Å². The van der Waals surface area contributed by atoms with Gasteiger partial charge in [0.25, 0.3) is 0 Å². The Morgan fingerprint density at radius 2 is 2.24 bits per heavy atom. The van der Waals surface area contributed by atoms with E-state index in [2.05, 4.69) is 15.9 Å². The van der Waals surface area contributed by atoms with E-state index >= 15 is 0 Å². The third kappa shape index (κ3) is 3.40. The molecule has 1 aliphatic rings. The summed E-state index contributed by atoms with van der Waals surface area (Å²) < 4.78 is 0.826. The number of hydrogen-bond donors (Lipinski definition) is 1. The number of piperidine rings is 1. The van der Waals surface area contributed by atoms with E-state index in [0.717, 1.165) is 10.9 Å². The fourth-order valence-corrected chi connectivity index (χ4v) is 3.63. The molecule has 1 heterocycles. The van der Waals surface area contributed by atoms with Crippen LogP contribution in [0.3, 0.4) is 0 Å². The van der Waals surface area contributed by atoms with Gasteiger partial charge >= 0.3 is 5.97 Å². The minimum Gasteiger partial charge on any atom is -0.481 e. The van der Waals surface area contributed by atoms with E-state index in [0.29, 0.717) is 23.6 Å². The SMILES string of the molecule is CCCN1C(=O)CCC(C(=O)O)C1c1ccc(Br)cc1Cl. The van der Waals surface area contributed by atoms with Crippen LogP contribution in [0.4, 0.5) is 0 Å². The molecule has 2 atom stereocenters. The molecular weight excluding hydrogens is 358 g/mol. The first-order valence-corrected chi connectivity index (χ1v) is 8.10. The Kier molecular flexibility index (Phi) is 5.27. The first-order chi connectivity index (χ1) is 9.95.